The van der Waals surface area contributed by atoms with E-state index in [0.29, 0.717) is 18.5 Å². The third kappa shape index (κ3) is 4.96. The van der Waals surface area contributed by atoms with Gasteiger partial charge in [0.05, 0.1) is 0 Å². The van der Waals surface area contributed by atoms with Crippen molar-refractivity contribution in [1.82, 2.24) is 15.5 Å². The van der Waals surface area contributed by atoms with Crippen LogP contribution in [-0.4, -0.2) is 35.8 Å². The van der Waals surface area contributed by atoms with Gasteiger partial charge in [-0.25, -0.2) is 4.79 Å². The van der Waals surface area contributed by atoms with E-state index in [-0.39, 0.29) is 18.4 Å². The van der Waals surface area contributed by atoms with Gasteiger partial charge in [-0.05, 0) is 46.9 Å². The summed E-state index contributed by atoms with van der Waals surface area (Å²) in [5, 5.41) is 7.72. The second kappa shape index (κ2) is 10.3. The summed E-state index contributed by atoms with van der Waals surface area (Å²) in [6.07, 6.45) is 0.689. The smallest absolute Gasteiger partial charge is 0.325 e. The minimum Gasteiger partial charge on any atom is -0.355 e. The molecule has 0 aromatic heterocycles. The van der Waals surface area contributed by atoms with Crippen molar-refractivity contribution in [3.63, 3.8) is 0 Å². The third-order valence-electron chi connectivity index (χ3n) is 7.06. The van der Waals surface area contributed by atoms with Crippen LogP contribution in [0.25, 0.3) is 10.8 Å². The van der Waals surface area contributed by atoms with Crippen LogP contribution in [0.4, 0.5) is 4.79 Å². The Balaban J connectivity index is 1.24. The molecule has 0 spiro atoms. The van der Waals surface area contributed by atoms with Crippen LogP contribution in [0, 0.1) is 0 Å². The molecule has 4 aromatic carbocycles. The predicted molar refractivity (Wildman–Crippen MR) is 144 cm³/mol. The molecule has 6 heteroatoms. The normalized spacial score (nSPS) is 17.3. The van der Waals surface area contributed by atoms with Gasteiger partial charge >= 0.3 is 6.03 Å². The number of nitrogens with zero attached hydrogens (tertiary/aromatic N) is 1. The number of hydrogen-bond donors (Lipinski definition) is 2. The molecule has 4 aromatic rings. The SMILES string of the molecule is CC1(c2ccc3ccccc3c2)NC(=O)N(CC(=O)NCCC(c2ccccc2)c2ccccc2)C1=O. The van der Waals surface area contributed by atoms with Gasteiger partial charge in [0.25, 0.3) is 5.91 Å². The van der Waals surface area contributed by atoms with Crippen molar-refractivity contribution in [2.24, 2.45) is 0 Å². The maximum Gasteiger partial charge on any atom is 0.325 e. The summed E-state index contributed by atoms with van der Waals surface area (Å²) in [4.78, 5) is 39.8. The lowest BCUT2D eigenvalue weighted by molar-refractivity contribution is -0.134. The fraction of sp³-hybridized carbons (Fsp3) is 0.194. The van der Waals surface area contributed by atoms with Gasteiger partial charge in [0, 0.05) is 12.5 Å². The molecular formula is C31H29N3O3. The highest BCUT2D eigenvalue weighted by molar-refractivity contribution is 6.09. The van der Waals surface area contributed by atoms with Gasteiger partial charge in [-0.3, -0.25) is 14.5 Å². The van der Waals surface area contributed by atoms with E-state index in [1.54, 1.807) is 6.92 Å². The van der Waals surface area contributed by atoms with Gasteiger partial charge in [-0.2, -0.15) is 0 Å². The molecule has 1 heterocycles. The molecule has 6 nitrogen and oxygen atoms in total. The molecule has 0 radical (unpaired) electrons. The van der Waals surface area contributed by atoms with Crippen LogP contribution in [0.3, 0.4) is 0 Å². The second-order valence-corrected chi connectivity index (χ2v) is 9.52. The van der Waals surface area contributed by atoms with E-state index in [0.717, 1.165) is 15.7 Å². The van der Waals surface area contributed by atoms with Crippen LogP contribution in [0.15, 0.2) is 103 Å². The number of benzene rings is 4. The van der Waals surface area contributed by atoms with E-state index >= 15 is 0 Å². The average molecular weight is 492 g/mol. The van der Waals surface area contributed by atoms with Crippen LogP contribution in [0.2, 0.25) is 0 Å². The lowest BCUT2D eigenvalue weighted by atomic mass is 9.88. The molecule has 0 saturated carbocycles. The Labute approximate surface area is 216 Å². The highest BCUT2D eigenvalue weighted by Gasteiger charge is 2.49. The first kappa shape index (κ1) is 24.3. The highest BCUT2D eigenvalue weighted by atomic mass is 16.2. The second-order valence-electron chi connectivity index (χ2n) is 9.52. The molecule has 1 unspecified atom stereocenters. The Morgan fingerprint density at radius 1 is 0.838 bits per heavy atom. The number of urea groups is 1. The molecule has 1 saturated heterocycles. The zero-order chi connectivity index (χ0) is 25.8. The maximum absolute atomic E-state index is 13.3. The number of fused-ring (bicyclic) bond motifs is 1. The van der Waals surface area contributed by atoms with E-state index in [4.69, 9.17) is 0 Å². The predicted octanol–water partition coefficient (Wildman–Crippen LogP) is 4.95. The standard InChI is InChI=1S/C31H29N3O3/c1-31(26-17-16-22-10-8-9-15-25(22)20-26)29(36)34(30(37)33-31)21-28(35)32-19-18-27(23-11-4-2-5-12-23)24-13-6-3-7-14-24/h2-17,20,27H,18-19,21H2,1H3,(H,32,35)(H,33,37). The molecule has 2 N–H and O–H groups in total. The number of amides is 4. The zero-order valence-electron chi connectivity index (χ0n) is 20.7. The highest BCUT2D eigenvalue weighted by Crippen LogP contribution is 2.31. The van der Waals surface area contributed by atoms with Crippen molar-refractivity contribution in [3.8, 4) is 0 Å². The number of nitrogens with one attached hydrogen (secondary N) is 2. The molecule has 1 atom stereocenters. The molecule has 0 bridgehead atoms. The fourth-order valence-electron chi connectivity index (χ4n) is 4.99. The molecule has 37 heavy (non-hydrogen) atoms. The minimum absolute atomic E-state index is 0.121. The summed E-state index contributed by atoms with van der Waals surface area (Å²) >= 11 is 0. The summed E-state index contributed by atoms with van der Waals surface area (Å²) in [6, 6.07) is 33.3. The summed E-state index contributed by atoms with van der Waals surface area (Å²) in [6.45, 7) is 1.77. The van der Waals surface area contributed by atoms with Crippen molar-refractivity contribution in [3.05, 3.63) is 120 Å². The molecule has 5 rings (SSSR count). The van der Waals surface area contributed by atoms with Crippen LogP contribution >= 0.6 is 0 Å². The number of rotatable bonds is 8. The lowest BCUT2D eigenvalue weighted by Crippen LogP contribution is -2.43. The molecule has 1 fully saturated rings. The van der Waals surface area contributed by atoms with Crippen molar-refractivity contribution in [2.45, 2.75) is 24.8 Å². The largest absolute Gasteiger partial charge is 0.355 e. The Bertz CT molecular complexity index is 1400. The molecule has 1 aliphatic heterocycles. The maximum atomic E-state index is 13.3. The van der Waals surface area contributed by atoms with Crippen LogP contribution in [0.1, 0.15) is 36.0 Å². The molecule has 4 amide bonds. The fourth-order valence-corrected chi connectivity index (χ4v) is 4.99. The van der Waals surface area contributed by atoms with E-state index in [1.165, 1.54) is 11.1 Å². The Kier molecular flexibility index (Phi) is 6.73. The van der Waals surface area contributed by atoms with Crippen LogP contribution < -0.4 is 10.6 Å². The molecule has 0 aliphatic carbocycles. The van der Waals surface area contributed by atoms with Crippen molar-refractivity contribution in [2.75, 3.05) is 13.1 Å². The van der Waals surface area contributed by atoms with Gasteiger partial charge in [0.1, 0.15) is 12.1 Å². The Hall–Kier alpha value is -4.45. The van der Waals surface area contributed by atoms with E-state index in [9.17, 15) is 14.4 Å². The van der Waals surface area contributed by atoms with E-state index < -0.39 is 17.5 Å². The number of hydrogen-bond acceptors (Lipinski definition) is 3. The van der Waals surface area contributed by atoms with Crippen molar-refractivity contribution < 1.29 is 14.4 Å². The quantitative estimate of drug-likeness (QED) is 0.343. The third-order valence-corrected chi connectivity index (χ3v) is 7.06. The van der Waals surface area contributed by atoms with E-state index in [2.05, 4.69) is 34.9 Å². The molecule has 186 valence electrons. The summed E-state index contributed by atoms with van der Waals surface area (Å²) in [5.74, 6) is -0.684. The first-order chi connectivity index (χ1) is 18.0. The molecular weight excluding hydrogens is 462 g/mol. The van der Waals surface area contributed by atoms with Gasteiger partial charge in [-0.1, -0.05) is 97.1 Å². The van der Waals surface area contributed by atoms with Crippen LogP contribution in [0.5, 0.6) is 0 Å². The van der Waals surface area contributed by atoms with Gasteiger partial charge in [0.15, 0.2) is 0 Å². The van der Waals surface area contributed by atoms with Crippen LogP contribution in [-0.2, 0) is 15.1 Å². The minimum atomic E-state index is -1.23. The summed E-state index contributed by atoms with van der Waals surface area (Å²) in [5.41, 5.74) is 1.79. The topological polar surface area (TPSA) is 78.5 Å². The van der Waals surface area contributed by atoms with Crippen molar-refractivity contribution >= 4 is 28.6 Å². The van der Waals surface area contributed by atoms with Gasteiger partial charge in [0.2, 0.25) is 5.91 Å². The van der Waals surface area contributed by atoms with Gasteiger partial charge in [-0.15, -0.1) is 0 Å². The number of imide groups is 1. The monoisotopic (exact) mass is 491 g/mol. The Morgan fingerprint density at radius 3 is 2.08 bits per heavy atom. The zero-order valence-corrected chi connectivity index (χ0v) is 20.7. The number of carbonyl (C=O) groups excluding carboxylic acids is 3. The molecule has 1 aliphatic rings. The first-order valence-corrected chi connectivity index (χ1v) is 12.5. The summed E-state index contributed by atoms with van der Waals surface area (Å²) in [7, 11) is 0. The van der Waals surface area contributed by atoms with Crippen molar-refractivity contribution in [1.29, 1.82) is 0 Å². The number of carbonyl (C=O) groups is 3. The first-order valence-electron chi connectivity index (χ1n) is 12.5. The lowest BCUT2D eigenvalue weighted by Gasteiger charge is -2.23. The Morgan fingerprint density at radius 2 is 1.43 bits per heavy atom. The summed E-state index contributed by atoms with van der Waals surface area (Å²) < 4.78 is 0. The van der Waals surface area contributed by atoms with E-state index in [1.807, 2.05) is 78.9 Å². The average Bonchev–Trinajstić information content (AvgIpc) is 3.15. The van der Waals surface area contributed by atoms with Gasteiger partial charge < -0.3 is 10.6 Å².